The monoisotopic (exact) mass is 441 g/mol. The summed E-state index contributed by atoms with van der Waals surface area (Å²) in [4.78, 5) is 14.4. The molecule has 0 radical (unpaired) electrons. The number of anilines is 1. The Morgan fingerprint density at radius 1 is 1.00 bits per heavy atom. The van der Waals surface area contributed by atoms with Crippen molar-refractivity contribution >= 4 is 44.8 Å². The molecule has 1 N–H and O–H groups in total. The number of hydrogen-bond donors (Lipinski definition) is 1. The maximum absolute atomic E-state index is 12.9. The van der Waals surface area contributed by atoms with Gasteiger partial charge in [-0.3, -0.25) is 9.69 Å². The molecular formula is C19H21Cl2N3O3S. The Morgan fingerprint density at radius 2 is 1.64 bits per heavy atom. The third kappa shape index (κ3) is 4.50. The molecule has 1 aliphatic rings. The fourth-order valence-corrected chi connectivity index (χ4v) is 5.25. The van der Waals surface area contributed by atoms with Crippen LogP contribution in [0.2, 0.25) is 10.0 Å². The van der Waals surface area contributed by atoms with Crippen molar-refractivity contribution in [3.8, 4) is 0 Å². The molecular weight excluding hydrogens is 421 g/mol. The van der Waals surface area contributed by atoms with E-state index in [1.165, 1.54) is 10.4 Å². The number of nitrogens with zero attached hydrogens (tertiary/aromatic N) is 2. The van der Waals surface area contributed by atoms with Gasteiger partial charge in [-0.1, -0.05) is 47.5 Å². The number of sulfonamides is 1. The van der Waals surface area contributed by atoms with Crippen LogP contribution < -0.4 is 5.32 Å². The summed E-state index contributed by atoms with van der Waals surface area (Å²) in [6.07, 6.45) is 0. The zero-order valence-electron chi connectivity index (χ0n) is 15.3. The second kappa shape index (κ2) is 8.80. The Hall–Kier alpha value is -1.64. The van der Waals surface area contributed by atoms with Gasteiger partial charge in [0.1, 0.15) is 4.90 Å². The molecule has 9 heteroatoms. The number of benzene rings is 2. The van der Waals surface area contributed by atoms with Crippen molar-refractivity contribution in [2.45, 2.75) is 17.9 Å². The van der Waals surface area contributed by atoms with Gasteiger partial charge < -0.3 is 5.32 Å². The summed E-state index contributed by atoms with van der Waals surface area (Å²) in [5, 5.41) is 3.11. The van der Waals surface area contributed by atoms with Crippen molar-refractivity contribution < 1.29 is 13.2 Å². The highest BCUT2D eigenvalue weighted by Gasteiger charge is 2.33. The number of carbonyl (C=O) groups is 1. The van der Waals surface area contributed by atoms with Crippen molar-refractivity contribution in [3.63, 3.8) is 0 Å². The van der Waals surface area contributed by atoms with Crippen LogP contribution in [0.1, 0.15) is 6.92 Å². The van der Waals surface area contributed by atoms with Crippen LogP contribution in [0.5, 0.6) is 0 Å². The van der Waals surface area contributed by atoms with E-state index in [1.807, 2.05) is 42.2 Å². The van der Waals surface area contributed by atoms with Gasteiger partial charge in [0.15, 0.2) is 0 Å². The third-order valence-corrected chi connectivity index (χ3v) is 7.65. The summed E-state index contributed by atoms with van der Waals surface area (Å²) in [5.41, 5.74) is 0.733. The van der Waals surface area contributed by atoms with E-state index in [0.29, 0.717) is 13.1 Å². The molecule has 28 heavy (non-hydrogen) atoms. The molecule has 1 unspecified atom stereocenters. The molecule has 0 bridgehead atoms. The van der Waals surface area contributed by atoms with Crippen LogP contribution in [0.15, 0.2) is 53.4 Å². The fraction of sp³-hybridized carbons (Fsp3) is 0.316. The van der Waals surface area contributed by atoms with E-state index < -0.39 is 10.0 Å². The molecule has 0 aromatic heterocycles. The number of amides is 1. The molecule has 6 nitrogen and oxygen atoms in total. The molecule has 0 aliphatic carbocycles. The highest BCUT2D eigenvalue weighted by atomic mass is 35.5. The zero-order chi connectivity index (χ0) is 20.3. The van der Waals surface area contributed by atoms with Crippen molar-refractivity contribution in [1.29, 1.82) is 0 Å². The highest BCUT2D eigenvalue weighted by molar-refractivity contribution is 7.89. The smallest absolute Gasteiger partial charge is 0.244 e. The Kier molecular flexibility index (Phi) is 6.62. The van der Waals surface area contributed by atoms with Gasteiger partial charge in [-0.25, -0.2) is 8.42 Å². The Balaban J connectivity index is 1.63. The maximum atomic E-state index is 12.9. The van der Waals surface area contributed by atoms with Gasteiger partial charge in [0.25, 0.3) is 0 Å². The molecule has 150 valence electrons. The standard InChI is InChI=1S/C19H21Cl2N3O3S/c1-14(19(25)22-15-6-3-2-4-7-15)23-10-12-24(13-11-23)28(26,27)17-9-5-8-16(20)18(17)21/h2-9,14H,10-13H2,1H3,(H,22,25). The van der Waals surface area contributed by atoms with E-state index in [0.717, 1.165) is 5.69 Å². The van der Waals surface area contributed by atoms with E-state index in [4.69, 9.17) is 23.2 Å². The molecule has 2 aromatic rings. The second-order valence-electron chi connectivity index (χ2n) is 6.52. The Morgan fingerprint density at radius 3 is 2.29 bits per heavy atom. The summed E-state index contributed by atoms with van der Waals surface area (Å²) in [5.74, 6) is -0.125. The van der Waals surface area contributed by atoms with E-state index >= 15 is 0 Å². The molecule has 3 rings (SSSR count). The van der Waals surface area contributed by atoms with Gasteiger partial charge in [-0.15, -0.1) is 0 Å². The first-order chi connectivity index (χ1) is 13.3. The number of nitrogens with one attached hydrogen (secondary N) is 1. The second-order valence-corrected chi connectivity index (χ2v) is 9.21. The molecule has 1 fully saturated rings. The Labute approximate surface area is 175 Å². The van der Waals surface area contributed by atoms with E-state index in [9.17, 15) is 13.2 Å². The lowest BCUT2D eigenvalue weighted by Crippen LogP contribution is -2.53. The zero-order valence-corrected chi connectivity index (χ0v) is 17.6. The van der Waals surface area contributed by atoms with Crippen LogP contribution in [0.3, 0.4) is 0 Å². The fourth-order valence-electron chi connectivity index (χ4n) is 3.09. The molecule has 1 aliphatic heterocycles. The maximum Gasteiger partial charge on any atom is 0.244 e. The van der Waals surface area contributed by atoms with Crippen molar-refractivity contribution in [2.75, 3.05) is 31.5 Å². The van der Waals surface area contributed by atoms with Crippen molar-refractivity contribution in [2.24, 2.45) is 0 Å². The topological polar surface area (TPSA) is 69.7 Å². The molecule has 1 atom stereocenters. The van der Waals surface area contributed by atoms with Crippen LogP contribution in [0.4, 0.5) is 5.69 Å². The van der Waals surface area contributed by atoms with E-state index in [1.54, 1.807) is 12.1 Å². The van der Waals surface area contributed by atoms with Gasteiger partial charge >= 0.3 is 0 Å². The number of hydrogen-bond acceptors (Lipinski definition) is 4. The highest BCUT2D eigenvalue weighted by Crippen LogP contribution is 2.31. The summed E-state index contributed by atoms with van der Waals surface area (Å²) in [6.45, 7) is 3.25. The van der Waals surface area contributed by atoms with Crippen molar-refractivity contribution in [1.82, 2.24) is 9.21 Å². The first-order valence-corrected chi connectivity index (χ1v) is 11.0. The summed E-state index contributed by atoms with van der Waals surface area (Å²) in [6, 6.07) is 13.4. The van der Waals surface area contributed by atoms with Crippen LogP contribution >= 0.6 is 23.2 Å². The molecule has 1 amide bonds. The normalized spacial score (nSPS) is 17.2. The van der Waals surface area contributed by atoms with Gasteiger partial charge in [-0.2, -0.15) is 4.31 Å². The lowest BCUT2D eigenvalue weighted by atomic mass is 10.2. The lowest BCUT2D eigenvalue weighted by Gasteiger charge is -2.36. The molecule has 1 saturated heterocycles. The molecule has 0 spiro atoms. The summed E-state index contributed by atoms with van der Waals surface area (Å²) < 4.78 is 27.2. The van der Waals surface area contributed by atoms with Gasteiger partial charge in [-0.05, 0) is 31.2 Å². The minimum Gasteiger partial charge on any atom is -0.325 e. The summed E-state index contributed by atoms with van der Waals surface area (Å²) in [7, 11) is -3.74. The largest absolute Gasteiger partial charge is 0.325 e. The molecule has 2 aromatic carbocycles. The van der Waals surface area contributed by atoms with E-state index in [2.05, 4.69) is 5.32 Å². The Bertz CT molecular complexity index is 946. The first-order valence-electron chi connectivity index (χ1n) is 8.85. The average molecular weight is 442 g/mol. The van der Waals surface area contributed by atoms with Gasteiger partial charge in [0.05, 0.1) is 16.1 Å². The van der Waals surface area contributed by atoms with Crippen LogP contribution in [-0.2, 0) is 14.8 Å². The predicted molar refractivity (Wildman–Crippen MR) is 111 cm³/mol. The quantitative estimate of drug-likeness (QED) is 0.772. The number of carbonyl (C=O) groups excluding carboxylic acids is 1. The number of rotatable bonds is 5. The van der Waals surface area contributed by atoms with Crippen LogP contribution in [-0.4, -0.2) is 55.8 Å². The molecule has 1 heterocycles. The van der Waals surface area contributed by atoms with Crippen LogP contribution in [0.25, 0.3) is 0 Å². The lowest BCUT2D eigenvalue weighted by molar-refractivity contribution is -0.121. The number of piperazine rings is 1. The summed E-state index contributed by atoms with van der Waals surface area (Å²) >= 11 is 12.1. The number of halogens is 2. The number of para-hydroxylation sites is 1. The molecule has 0 saturated carbocycles. The minimum atomic E-state index is -3.74. The van der Waals surface area contributed by atoms with Crippen LogP contribution in [0, 0.1) is 0 Å². The minimum absolute atomic E-state index is 0.00462. The third-order valence-electron chi connectivity index (χ3n) is 4.78. The average Bonchev–Trinajstić information content (AvgIpc) is 2.70. The van der Waals surface area contributed by atoms with Gasteiger partial charge in [0, 0.05) is 31.9 Å². The SMILES string of the molecule is CC(C(=O)Nc1ccccc1)N1CCN(S(=O)(=O)c2cccc(Cl)c2Cl)CC1. The van der Waals surface area contributed by atoms with E-state index in [-0.39, 0.29) is 40.0 Å². The van der Waals surface area contributed by atoms with Crippen molar-refractivity contribution in [3.05, 3.63) is 58.6 Å². The predicted octanol–water partition coefficient (Wildman–Crippen LogP) is 3.33. The first kappa shape index (κ1) is 21.1. The van der Waals surface area contributed by atoms with Gasteiger partial charge in [0.2, 0.25) is 15.9 Å².